The Balaban J connectivity index is 0.00000338. The molecule has 2 N–H and O–H groups in total. The van der Waals surface area contributed by atoms with Gasteiger partial charge in [0.15, 0.2) is 12.6 Å². The lowest BCUT2D eigenvalue weighted by Gasteiger charge is -2.13. The number of hydrogen-bond acceptors (Lipinski definition) is 3. The number of thiophene rings is 1. The molecule has 1 heterocycles. The van der Waals surface area contributed by atoms with Crippen LogP contribution in [0.4, 0.5) is 13.2 Å². The highest BCUT2D eigenvalue weighted by molar-refractivity contribution is 14.0. The average Bonchev–Trinajstić information content (AvgIpc) is 2.98. The number of rotatable bonds is 6. The van der Waals surface area contributed by atoms with Crippen molar-refractivity contribution in [2.45, 2.75) is 26.2 Å². The molecular weight excluding hydrogens is 478 g/mol. The van der Waals surface area contributed by atoms with Crippen molar-refractivity contribution in [1.29, 1.82) is 0 Å². The normalized spacial score (nSPS) is 11.7. The van der Waals surface area contributed by atoms with Crippen molar-refractivity contribution >= 4 is 41.3 Å². The van der Waals surface area contributed by atoms with E-state index in [1.54, 1.807) is 30.5 Å². The summed E-state index contributed by atoms with van der Waals surface area (Å²) in [6.45, 7) is 1.84. The van der Waals surface area contributed by atoms with Crippen LogP contribution in [-0.4, -0.2) is 25.8 Å². The molecule has 144 valence electrons. The van der Waals surface area contributed by atoms with Crippen LogP contribution in [0.1, 0.15) is 15.3 Å². The molecule has 4 nitrogen and oxygen atoms in total. The van der Waals surface area contributed by atoms with Gasteiger partial charge < -0.3 is 15.4 Å². The molecule has 0 saturated heterocycles. The van der Waals surface area contributed by atoms with Crippen molar-refractivity contribution in [2.75, 3.05) is 13.7 Å². The Bertz CT molecular complexity index is 719. The Morgan fingerprint density at radius 3 is 2.50 bits per heavy atom. The van der Waals surface area contributed by atoms with Gasteiger partial charge in [-0.05, 0) is 36.8 Å². The molecule has 0 fully saturated rings. The number of ether oxygens (including phenoxy) is 1. The zero-order valence-corrected chi connectivity index (χ0v) is 17.5. The third kappa shape index (κ3) is 8.26. The number of nitrogens with zero attached hydrogens (tertiary/aromatic N) is 1. The summed E-state index contributed by atoms with van der Waals surface area (Å²) in [5, 5.41) is 6.33. The maximum absolute atomic E-state index is 12.2. The Hall–Kier alpha value is -1.49. The SMILES string of the molecule is CN=C(NCc1cccc(OCC(F)(F)F)c1)NCc1ccc(C)s1.I. The van der Waals surface area contributed by atoms with Gasteiger partial charge in [0.25, 0.3) is 0 Å². The van der Waals surface area contributed by atoms with E-state index in [0.29, 0.717) is 19.0 Å². The predicted molar refractivity (Wildman–Crippen MR) is 110 cm³/mol. The maximum Gasteiger partial charge on any atom is 0.422 e. The summed E-state index contributed by atoms with van der Waals surface area (Å²) in [4.78, 5) is 6.58. The lowest BCUT2D eigenvalue weighted by atomic mass is 10.2. The molecule has 0 aliphatic carbocycles. The highest BCUT2D eigenvalue weighted by Crippen LogP contribution is 2.19. The van der Waals surface area contributed by atoms with Crippen LogP contribution in [0.2, 0.25) is 0 Å². The van der Waals surface area contributed by atoms with E-state index >= 15 is 0 Å². The Morgan fingerprint density at radius 2 is 1.88 bits per heavy atom. The van der Waals surface area contributed by atoms with Gasteiger partial charge in [0, 0.05) is 23.3 Å². The maximum atomic E-state index is 12.2. The van der Waals surface area contributed by atoms with E-state index in [1.165, 1.54) is 15.8 Å². The standard InChI is InChI=1S/C17H20F3N3OS.HI/c1-12-6-7-15(25-12)10-23-16(21-2)22-9-13-4-3-5-14(8-13)24-11-17(18,19)20;/h3-8H,9-11H2,1-2H3,(H2,21,22,23);1H. The molecule has 0 amide bonds. The second-order valence-corrected chi connectivity index (χ2v) is 6.72. The summed E-state index contributed by atoms with van der Waals surface area (Å²) in [6.07, 6.45) is -4.35. The van der Waals surface area contributed by atoms with Gasteiger partial charge in [-0.3, -0.25) is 4.99 Å². The molecular formula is C17H21F3IN3OS. The van der Waals surface area contributed by atoms with E-state index < -0.39 is 12.8 Å². The first-order chi connectivity index (χ1) is 11.9. The summed E-state index contributed by atoms with van der Waals surface area (Å²) in [5.41, 5.74) is 0.801. The van der Waals surface area contributed by atoms with Gasteiger partial charge in [0.05, 0.1) is 6.54 Å². The number of alkyl halides is 3. The van der Waals surface area contributed by atoms with E-state index in [-0.39, 0.29) is 29.7 Å². The van der Waals surface area contributed by atoms with Crippen LogP contribution in [0.3, 0.4) is 0 Å². The number of aryl methyl sites for hydroxylation is 1. The van der Waals surface area contributed by atoms with Gasteiger partial charge in [-0.25, -0.2) is 0 Å². The molecule has 0 bridgehead atoms. The predicted octanol–water partition coefficient (Wildman–Crippen LogP) is 4.48. The van der Waals surface area contributed by atoms with Gasteiger partial charge in [-0.2, -0.15) is 13.2 Å². The smallest absolute Gasteiger partial charge is 0.422 e. The number of benzene rings is 1. The number of halogens is 4. The fraction of sp³-hybridized carbons (Fsp3) is 0.353. The van der Waals surface area contributed by atoms with Crippen LogP contribution in [0.15, 0.2) is 41.4 Å². The quantitative estimate of drug-likeness (QED) is 0.350. The second-order valence-electron chi connectivity index (χ2n) is 5.34. The molecule has 26 heavy (non-hydrogen) atoms. The highest BCUT2D eigenvalue weighted by Gasteiger charge is 2.28. The number of guanidine groups is 1. The molecule has 0 atom stereocenters. The molecule has 0 radical (unpaired) electrons. The van der Waals surface area contributed by atoms with E-state index in [0.717, 1.165) is 5.56 Å². The summed E-state index contributed by atoms with van der Waals surface area (Å²) >= 11 is 1.71. The fourth-order valence-electron chi connectivity index (χ4n) is 2.07. The minimum atomic E-state index is -4.35. The monoisotopic (exact) mass is 499 g/mol. The van der Waals surface area contributed by atoms with Gasteiger partial charge in [0.1, 0.15) is 5.75 Å². The lowest BCUT2D eigenvalue weighted by molar-refractivity contribution is -0.153. The number of hydrogen-bond donors (Lipinski definition) is 2. The van der Waals surface area contributed by atoms with Crippen molar-refractivity contribution in [3.8, 4) is 5.75 Å². The Morgan fingerprint density at radius 1 is 1.15 bits per heavy atom. The molecule has 2 rings (SSSR count). The Kier molecular flexibility index (Phi) is 9.20. The first-order valence-corrected chi connectivity index (χ1v) is 8.46. The molecule has 0 spiro atoms. The van der Waals surface area contributed by atoms with Crippen LogP contribution < -0.4 is 15.4 Å². The third-order valence-electron chi connectivity index (χ3n) is 3.21. The zero-order valence-electron chi connectivity index (χ0n) is 14.4. The van der Waals surface area contributed by atoms with E-state index in [9.17, 15) is 13.2 Å². The first kappa shape index (κ1) is 22.6. The van der Waals surface area contributed by atoms with Crippen LogP contribution >= 0.6 is 35.3 Å². The molecule has 2 aromatic rings. The Labute approximate surface area is 171 Å². The fourth-order valence-corrected chi connectivity index (χ4v) is 2.90. The topological polar surface area (TPSA) is 45.7 Å². The van der Waals surface area contributed by atoms with Crippen molar-refractivity contribution in [3.63, 3.8) is 0 Å². The summed E-state index contributed by atoms with van der Waals surface area (Å²) in [7, 11) is 1.66. The second kappa shape index (κ2) is 10.6. The molecule has 0 aliphatic rings. The number of aliphatic imine (C=N–C) groups is 1. The largest absolute Gasteiger partial charge is 0.484 e. The summed E-state index contributed by atoms with van der Waals surface area (Å²) < 4.78 is 41.4. The van der Waals surface area contributed by atoms with Crippen LogP contribution in [0.25, 0.3) is 0 Å². The van der Waals surface area contributed by atoms with Gasteiger partial charge >= 0.3 is 6.18 Å². The van der Waals surface area contributed by atoms with Crippen molar-refractivity contribution < 1.29 is 17.9 Å². The van der Waals surface area contributed by atoms with Gasteiger partial charge in [-0.1, -0.05) is 12.1 Å². The van der Waals surface area contributed by atoms with Crippen LogP contribution in [0.5, 0.6) is 5.75 Å². The van der Waals surface area contributed by atoms with Crippen molar-refractivity contribution in [1.82, 2.24) is 10.6 Å². The van der Waals surface area contributed by atoms with E-state index in [2.05, 4.69) is 34.7 Å². The average molecular weight is 499 g/mol. The zero-order chi connectivity index (χ0) is 18.3. The van der Waals surface area contributed by atoms with Gasteiger partial charge in [-0.15, -0.1) is 35.3 Å². The molecule has 1 aromatic carbocycles. The minimum absolute atomic E-state index is 0. The lowest BCUT2D eigenvalue weighted by Crippen LogP contribution is -2.36. The molecule has 0 unspecified atom stereocenters. The molecule has 9 heteroatoms. The van der Waals surface area contributed by atoms with Crippen LogP contribution in [-0.2, 0) is 13.1 Å². The van der Waals surface area contributed by atoms with Crippen LogP contribution in [0, 0.1) is 6.92 Å². The molecule has 0 aliphatic heterocycles. The van der Waals surface area contributed by atoms with Crippen molar-refractivity contribution in [2.24, 2.45) is 4.99 Å². The van der Waals surface area contributed by atoms with Gasteiger partial charge in [0.2, 0.25) is 0 Å². The summed E-state index contributed by atoms with van der Waals surface area (Å²) in [5.74, 6) is 0.807. The molecule has 0 saturated carbocycles. The molecule has 1 aromatic heterocycles. The minimum Gasteiger partial charge on any atom is -0.484 e. The van der Waals surface area contributed by atoms with Crippen molar-refractivity contribution in [3.05, 3.63) is 51.7 Å². The summed E-state index contributed by atoms with van der Waals surface area (Å²) in [6, 6.07) is 10.7. The van der Waals surface area contributed by atoms with E-state index in [4.69, 9.17) is 4.74 Å². The van der Waals surface area contributed by atoms with E-state index in [1.807, 2.05) is 6.07 Å². The first-order valence-electron chi connectivity index (χ1n) is 7.64. The third-order valence-corrected chi connectivity index (χ3v) is 4.21. The highest BCUT2D eigenvalue weighted by atomic mass is 127. The number of nitrogens with one attached hydrogen (secondary N) is 2.